The maximum absolute atomic E-state index is 11.3. The highest BCUT2D eigenvalue weighted by Gasteiger charge is 2.24. The summed E-state index contributed by atoms with van der Waals surface area (Å²) in [4.78, 5) is 11.3. The van der Waals surface area contributed by atoms with Crippen LogP contribution in [0.2, 0.25) is 0 Å². The molecule has 3 rings (SSSR count). The van der Waals surface area contributed by atoms with Gasteiger partial charge in [0.2, 0.25) is 0 Å². The first kappa shape index (κ1) is 12.9. The summed E-state index contributed by atoms with van der Waals surface area (Å²) < 4.78 is 1.87. The van der Waals surface area contributed by atoms with Gasteiger partial charge in [-0.25, -0.2) is 4.79 Å². The lowest BCUT2D eigenvalue weighted by Crippen LogP contribution is -2.25. The summed E-state index contributed by atoms with van der Waals surface area (Å²) in [6, 6.07) is 10.2. The summed E-state index contributed by atoms with van der Waals surface area (Å²) in [5.41, 5.74) is 3.34. The molecular weight excluding hydrogens is 254 g/mol. The lowest BCUT2D eigenvalue weighted by atomic mass is 10.1. The van der Waals surface area contributed by atoms with Crippen LogP contribution >= 0.6 is 0 Å². The summed E-state index contributed by atoms with van der Waals surface area (Å²) in [7, 11) is 0. The molecule has 2 heterocycles. The first-order valence-corrected chi connectivity index (χ1v) is 6.82. The van der Waals surface area contributed by atoms with Crippen LogP contribution in [0.5, 0.6) is 0 Å². The number of aryl methyl sites for hydroxylation is 2. The molecule has 1 aromatic heterocycles. The van der Waals surface area contributed by atoms with Gasteiger partial charge in [0.1, 0.15) is 0 Å². The normalized spacial score (nSPS) is 14.0. The summed E-state index contributed by atoms with van der Waals surface area (Å²) in [5.74, 6) is -0.941. The van der Waals surface area contributed by atoms with Crippen LogP contribution < -0.4 is 5.32 Å². The number of fused-ring (bicyclic) bond motifs is 1. The number of nitrogens with one attached hydrogen (secondary N) is 1. The molecule has 0 saturated carbocycles. The second-order valence-corrected chi connectivity index (χ2v) is 4.96. The van der Waals surface area contributed by atoms with Gasteiger partial charge >= 0.3 is 5.97 Å². The molecule has 1 aliphatic heterocycles. The van der Waals surface area contributed by atoms with Gasteiger partial charge in [0.05, 0.1) is 0 Å². The van der Waals surface area contributed by atoms with E-state index in [1.807, 2.05) is 22.9 Å². The van der Waals surface area contributed by atoms with Gasteiger partial charge in [-0.1, -0.05) is 30.3 Å². The number of carbonyl (C=O) groups is 1. The van der Waals surface area contributed by atoms with Crippen molar-refractivity contribution >= 4 is 5.97 Å². The van der Waals surface area contributed by atoms with Crippen molar-refractivity contribution in [3.05, 3.63) is 52.8 Å². The van der Waals surface area contributed by atoms with Crippen molar-refractivity contribution < 1.29 is 9.90 Å². The van der Waals surface area contributed by atoms with E-state index in [4.69, 9.17) is 0 Å². The Morgan fingerprint density at radius 1 is 1.35 bits per heavy atom. The Morgan fingerprint density at radius 2 is 2.15 bits per heavy atom. The Bertz CT molecular complexity index is 620. The van der Waals surface area contributed by atoms with Gasteiger partial charge in [0.25, 0.3) is 0 Å². The Labute approximate surface area is 117 Å². The standard InChI is InChI=1S/C15H17N3O2/c19-15(20)14-12-10-16-8-6-13(12)18(17-14)9-7-11-4-2-1-3-5-11/h1-5,16H,6-10H2,(H,19,20). The predicted octanol–water partition coefficient (Wildman–Crippen LogP) is 1.47. The maximum Gasteiger partial charge on any atom is 0.356 e. The van der Waals surface area contributed by atoms with E-state index in [-0.39, 0.29) is 5.69 Å². The van der Waals surface area contributed by atoms with Crippen LogP contribution in [0.1, 0.15) is 27.3 Å². The zero-order valence-electron chi connectivity index (χ0n) is 11.2. The molecule has 2 aromatic rings. The van der Waals surface area contributed by atoms with Crippen molar-refractivity contribution in [1.29, 1.82) is 0 Å². The average molecular weight is 271 g/mol. The highest BCUT2D eigenvalue weighted by Crippen LogP contribution is 2.19. The number of aromatic nitrogens is 2. The maximum atomic E-state index is 11.3. The minimum Gasteiger partial charge on any atom is -0.476 e. The van der Waals surface area contributed by atoms with Gasteiger partial charge in [0, 0.05) is 37.3 Å². The highest BCUT2D eigenvalue weighted by molar-refractivity contribution is 5.87. The molecule has 0 unspecified atom stereocenters. The molecule has 0 bridgehead atoms. The van der Waals surface area contributed by atoms with Gasteiger partial charge in [-0.3, -0.25) is 4.68 Å². The first-order chi connectivity index (χ1) is 9.75. The average Bonchev–Trinajstić information content (AvgIpc) is 2.85. The third-order valence-corrected chi connectivity index (χ3v) is 3.66. The molecule has 104 valence electrons. The smallest absolute Gasteiger partial charge is 0.356 e. The van der Waals surface area contributed by atoms with Crippen LogP contribution in [0.3, 0.4) is 0 Å². The SMILES string of the molecule is O=C(O)c1nn(CCc2ccccc2)c2c1CNCC2. The van der Waals surface area contributed by atoms with E-state index in [1.165, 1.54) is 5.56 Å². The molecule has 0 spiro atoms. The number of rotatable bonds is 4. The van der Waals surface area contributed by atoms with Gasteiger partial charge < -0.3 is 10.4 Å². The number of nitrogens with zero attached hydrogens (tertiary/aromatic N) is 2. The van der Waals surface area contributed by atoms with Crippen molar-refractivity contribution in [2.45, 2.75) is 25.9 Å². The number of carboxylic acid groups (broad SMARTS) is 1. The van der Waals surface area contributed by atoms with E-state index in [9.17, 15) is 9.90 Å². The second kappa shape index (κ2) is 5.46. The van der Waals surface area contributed by atoms with Crippen LogP contribution in [0, 0.1) is 0 Å². The number of hydrogen-bond donors (Lipinski definition) is 2. The highest BCUT2D eigenvalue weighted by atomic mass is 16.4. The van der Waals surface area contributed by atoms with E-state index in [0.717, 1.165) is 37.2 Å². The zero-order chi connectivity index (χ0) is 13.9. The number of carboxylic acids is 1. The molecular formula is C15H17N3O2. The quantitative estimate of drug-likeness (QED) is 0.883. The fourth-order valence-electron chi connectivity index (χ4n) is 2.66. The van der Waals surface area contributed by atoms with Gasteiger partial charge in [-0.15, -0.1) is 0 Å². The molecule has 0 fully saturated rings. The zero-order valence-corrected chi connectivity index (χ0v) is 11.2. The molecule has 1 aliphatic rings. The molecule has 1 aromatic carbocycles. The Balaban J connectivity index is 1.84. The largest absolute Gasteiger partial charge is 0.476 e. The summed E-state index contributed by atoms with van der Waals surface area (Å²) in [6.07, 6.45) is 1.70. The topological polar surface area (TPSA) is 67.1 Å². The summed E-state index contributed by atoms with van der Waals surface area (Å²) >= 11 is 0. The van der Waals surface area contributed by atoms with Crippen molar-refractivity contribution in [2.75, 3.05) is 6.54 Å². The van der Waals surface area contributed by atoms with Gasteiger partial charge in [0.15, 0.2) is 5.69 Å². The van der Waals surface area contributed by atoms with Crippen LogP contribution in [0.25, 0.3) is 0 Å². The molecule has 0 aliphatic carbocycles. The third kappa shape index (κ3) is 2.44. The van der Waals surface area contributed by atoms with E-state index < -0.39 is 5.97 Å². The molecule has 5 nitrogen and oxygen atoms in total. The molecule has 0 atom stereocenters. The van der Waals surface area contributed by atoms with E-state index in [1.54, 1.807) is 0 Å². The van der Waals surface area contributed by atoms with Crippen LogP contribution in [-0.2, 0) is 25.9 Å². The summed E-state index contributed by atoms with van der Waals surface area (Å²) in [5, 5.41) is 16.7. The number of benzene rings is 1. The van der Waals surface area contributed by atoms with E-state index >= 15 is 0 Å². The van der Waals surface area contributed by atoms with Crippen molar-refractivity contribution in [1.82, 2.24) is 15.1 Å². The van der Waals surface area contributed by atoms with Gasteiger partial charge in [-0.05, 0) is 12.0 Å². The van der Waals surface area contributed by atoms with Crippen LogP contribution in [-0.4, -0.2) is 27.4 Å². The molecule has 0 amide bonds. The minimum atomic E-state index is -0.941. The Morgan fingerprint density at radius 3 is 2.90 bits per heavy atom. The van der Waals surface area contributed by atoms with Crippen molar-refractivity contribution in [3.8, 4) is 0 Å². The van der Waals surface area contributed by atoms with Crippen molar-refractivity contribution in [3.63, 3.8) is 0 Å². The summed E-state index contributed by atoms with van der Waals surface area (Å²) in [6.45, 7) is 2.20. The lowest BCUT2D eigenvalue weighted by molar-refractivity contribution is 0.0688. The third-order valence-electron chi connectivity index (χ3n) is 3.66. The Hall–Kier alpha value is -2.14. The van der Waals surface area contributed by atoms with E-state index in [0.29, 0.717) is 6.54 Å². The van der Waals surface area contributed by atoms with E-state index in [2.05, 4.69) is 22.5 Å². The minimum absolute atomic E-state index is 0.195. The van der Waals surface area contributed by atoms with Crippen molar-refractivity contribution in [2.24, 2.45) is 0 Å². The monoisotopic (exact) mass is 271 g/mol. The molecule has 2 N–H and O–H groups in total. The Kier molecular flexibility index (Phi) is 3.52. The lowest BCUT2D eigenvalue weighted by Gasteiger charge is -2.15. The van der Waals surface area contributed by atoms with Gasteiger partial charge in [-0.2, -0.15) is 5.10 Å². The predicted molar refractivity (Wildman–Crippen MR) is 74.7 cm³/mol. The first-order valence-electron chi connectivity index (χ1n) is 6.82. The molecule has 0 radical (unpaired) electrons. The van der Waals surface area contributed by atoms with Crippen LogP contribution in [0.4, 0.5) is 0 Å². The molecule has 5 heteroatoms. The fraction of sp³-hybridized carbons (Fsp3) is 0.333. The molecule has 20 heavy (non-hydrogen) atoms. The fourth-order valence-corrected chi connectivity index (χ4v) is 2.66. The molecule has 0 saturated heterocycles. The number of hydrogen-bond acceptors (Lipinski definition) is 3. The second-order valence-electron chi connectivity index (χ2n) is 4.96. The van der Waals surface area contributed by atoms with Crippen LogP contribution in [0.15, 0.2) is 30.3 Å². The number of aromatic carboxylic acids is 1.